The predicted molar refractivity (Wildman–Crippen MR) is 68.9 cm³/mol. The van der Waals surface area contributed by atoms with Crippen molar-refractivity contribution in [3.8, 4) is 0 Å². The second-order valence-electron chi connectivity index (χ2n) is 3.41. The van der Waals surface area contributed by atoms with Crippen LogP contribution in [-0.4, -0.2) is 12.1 Å². The number of esters is 1. The number of carbonyl (C=O) groups is 1. The number of nitrogens with one attached hydrogen (secondary N) is 1. The van der Waals surface area contributed by atoms with Crippen LogP contribution in [0.15, 0.2) is 36.4 Å². The molecule has 0 saturated heterocycles. The van der Waals surface area contributed by atoms with E-state index in [1.54, 1.807) is 26.0 Å². The standard InChI is InChI=1S/C12H15NO2.BrH.Zn/c1-9(2)15-12(14)8-11(13)10-6-4-3-5-7-10;;/h3-9H,1-2H3,(H2,13,14);1H;/q;;+2/p-2. The molecular weight excluding hydrogens is 335 g/mol. The van der Waals surface area contributed by atoms with Gasteiger partial charge < -0.3 is 10.5 Å². The summed E-state index contributed by atoms with van der Waals surface area (Å²) in [6, 6.07) is 9.07. The van der Waals surface area contributed by atoms with Gasteiger partial charge >= 0.3 is 35.9 Å². The van der Waals surface area contributed by atoms with Crippen LogP contribution in [0, 0.1) is 0 Å². The SMILES string of the molecule is CC(C)OC(=O)/C=C(\[NH-])c1ccccc1.[Zn+][Br]. The first-order valence-corrected chi connectivity index (χ1v) is 12.0. The molecule has 1 N–H and O–H groups in total. The van der Waals surface area contributed by atoms with Crippen LogP contribution in [0.3, 0.4) is 0 Å². The topological polar surface area (TPSA) is 50.1 Å². The molecule has 0 unspecified atom stereocenters. The predicted octanol–water partition coefficient (Wildman–Crippen LogP) is 3.87. The summed E-state index contributed by atoms with van der Waals surface area (Å²) in [6.45, 7) is 3.55. The first-order valence-electron chi connectivity index (χ1n) is 5.05. The molecule has 88 valence electrons. The van der Waals surface area contributed by atoms with Crippen LogP contribution in [0.1, 0.15) is 19.4 Å². The number of halogens is 1. The summed E-state index contributed by atoms with van der Waals surface area (Å²) in [6.07, 6.45) is 1.03. The third-order valence-electron chi connectivity index (χ3n) is 1.70. The van der Waals surface area contributed by atoms with Gasteiger partial charge in [-0.2, -0.15) is 0 Å². The summed E-state index contributed by atoms with van der Waals surface area (Å²) in [5.74, 6) is -0.473. The summed E-state index contributed by atoms with van der Waals surface area (Å²) in [4.78, 5) is 11.2. The molecular formula is C12H14BrNO2Zn. The molecule has 17 heavy (non-hydrogen) atoms. The molecule has 0 aliphatic carbocycles. The zero-order chi connectivity index (χ0) is 13.3. The molecule has 1 rings (SSSR count). The third-order valence-corrected chi connectivity index (χ3v) is 1.70. The molecule has 5 heteroatoms. The van der Waals surface area contributed by atoms with Gasteiger partial charge in [0.15, 0.2) is 0 Å². The molecule has 0 aliphatic rings. The molecule has 0 bridgehead atoms. The maximum absolute atomic E-state index is 11.2. The summed E-state index contributed by atoms with van der Waals surface area (Å²) < 4.78 is 4.91. The molecule has 3 nitrogen and oxygen atoms in total. The van der Waals surface area contributed by atoms with Gasteiger partial charge in [0.1, 0.15) is 0 Å². The average molecular weight is 350 g/mol. The van der Waals surface area contributed by atoms with Crippen molar-refractivity contribution in [1.29, 1.82) is 0 Å². The van der Waals surface area contributed by atoms with Gasteiger partial charge in [0.05, 0.1) is 6.10 Å². The zero-order valence-corrected chi connectivity index (χ0v) is 14.5. The third kappa shape index (κ3) is 7.29. The Bertz CT molecular complexity index is 366. The fraction of sp³-hybridized carbons (Fsp3) is 0.250. The molecule has 0 aliphatic heterocycles. The van der Waals surface area contributed by atoms with Gasteiger partial charge in [-0.1, -0.05) is 30.3 Å². The van der Waals surface area contributed by atoms with Crippen LogP contribution in [0.2, 0.25) is 0 Å². The number of hydrogen-bond acceptors (Lipinski definition) is 2. The van der Waals surface area contributed by atoms with E-state index >= 15 is 0 Å². The Balaban J connectivity index is 0.00000121. The van der Waals surface area contributed by atoms with E-state index in [-0.39, 0.29) is 11.8 Å². The van der Waals surface area contributed by atoms with Gasteiger partial charge in [0.2, 0.25) is 0 Å². The van der Waals surface area contributed by atoms with Gasteiger partial charge in [-0.15, -0.1) is 5.70 Å². The van der Waals surface area contributed by atoms with Gasteiger partial charge in [0, 0.05) is 6.08 Å². The van der Waals surface area contributed by atoms with Crippen LogP contribution in [0.4, 0.5) is 0 Å². The molecule has 0 spiro atoms. The Labute approximate surface area is 118 Å². The molecule has 0 saturated carbocycles. The van der Waals surface area contributed by atoms with Crippen molar-refractivity contribution in [2.45, 2.75) is 20.0 Å². The first-order chi connectivity index (χ1) is 8.09. The minimum atomic E-state index is -0.473. The van der Waals surface area contributed by atoms with Crippen LogP contribution in [-0.2, 0) is 25.9 Å². The summed E-state index contributed by atoms with van der Waals surface area (Å²) >= 11 is 4.25. The van der Waals surface area contributed by atoms with Gasteiger partial charge in [0.25, 0.3) is 0 Å². The Kier molecular flexibility index (Phi) is 9.00. The number of hydrogen-bond donors (Lipinski definition) is 0. The Hall–Kier alpha value is -0.667. The molecule has 1 aromatic rings. The number of benzene rings is 1. The van der Waals surface area contributed by atoms with Crippen molar-refractivity contribution in [3.63, 3.8) is 0 Å². The van der Waals surface area contributed by atoms with E-state index in [1.807, 2.05) is 18.2 Å². The number of carbonyl (C=O) groups excluding carboxylic acids is 1. The normalized spacial score (nSPS) is 10.6. The molecule has 0 radical (unpaired) electrons. The Morgan fingerprint density at radius 2 is 1.88 bits per heavy atom. The summed E-state index contributed by atoms with van der Waals surface area (Å²) in [5, 5.41) is 0. The van der Waals surface area contributed by atoms with Crippen LogP contribution < -0.4 is 0 Å². The van der Waals surface area contributed by atoms with E-state index in [1.165, 1.54) is 22.4 Å². The van der Waals surface area contributed by atoms with Gasteiger partial charge in [-0.05, 0) is 19.4 Å². The fourth-order valence-electron chi connectivity index (χ4n) is 1.09. The van der Waals surface area contributed by atoms with Crippen molar-refractivity contribution >= 4 is 25.3 Å². The molecule has 0 atom stereocenters. The monoisotopic (exact) mass is 347 g/mol. The van der Waals surface area contributed by atoms with Crippen molar-refractivity contribution in [2.75, 3.05) is 0 Å². The van der Waals surface area contributed by atoms with E-state index in [9.17, 15) is 4.79 Å². The van der Waals surface area contributed by atoms with E-state index in [0.717, 1.165) is 0 Å². The first kappa shape index (κ1) is 16.3. The molecule has 0 heterocycles. The Morgan fingerprint density at radius 1 is 1.35 bits per heavy atom. The van der Waals surface area contributed by atoms with E-state index < -0.39 is 5.97 Å². The van der Waals surface area contributed by atoms with Crippen LogP contribution >= 0.6 is 13.6 Å². The van der Waals surface area contributed by atoms with E-state index in [0.29, 0.717) is 5.56 Å². The second kappa shape index (κ2) is 9.37. The number of rotatable bonds is 3. The summed E-state index contributed by atoms with van der Waals surface area (Å²) in [7, 11) is 0. The molecule has 1 aromatic carbocycles. The second-order valence-corrected chi connectivity index (χ2v) is 3.41. The maximum atomic E-state index is 11.2. The van der Waals surface area contributed by atoms with Crippen LogP contribution in [0.5, 0.6) is 0 Å². The van der Waals surface area contributed by atoms with Crippen molar-refractivity contribution < 1.29 is 25.9 Å². The molecule has 0 aromatic heterocycles. The quantitative estimate of drug-likeness (QED) is 0.472. The van der Waals surface area contributed by atoms with Crippen molar-refractivity contribution in [1.82, 2.24) is 0 Å². The molecule has 0 amide bonds. The van der Waals surface area contributed by atoms with E-state index in [4.69, 9.17) is 10.5 Å². The van der Waals surface area contributed by atoms with Crippen molar-refractivity contribution in [2.24, 2.45) is 0 Å². The number of ether oxygens (including phenoxy) is 1. The molecule has 0 fully saturated rings. The van der Waals surface area contributed by atoms with Crippen LogP contribution in [0.25, 0.3) is 11.4 Å². The van der Waals surface area contributed by atoms with Gasteiger partial charge in [-0.3, -0.25) is 0 Å². The minimum absolute atomic E-state index is 0.155. The van der Waals surface area contributed by atoms with E-state index in [2.05, 4.69) is 13.6 Å². The average Bonchev–Trinajstić information content (AvgIpc) is 2.31. The zero-order valence-electron chi connectivity index (χ0n) is 9.94. The fourth-order valence-corrected chi connectivity index (χ4v) is 1.09. The van der Waals surface area contributed by atoms with Gasteiger partial charge in [-0.25, -0.2) is 4.79 Å². The van der Waals surface area contributed by atoms with Crippen molar-refractivity contribution in [3.05, 3.63) is 47.7 Å². The summed E-state index contributed by atoms with van der Waals surface area (Å²) in [5.41, 5.74) is 8.52. The Morgan fingerprint density at radius 3 is 2.35 bits per heavy atom.